The van der Waals surface area contributed by atoms with E-state index in [9.17, 15) is 17.6 Å². The molecule has 1 atom stereocenters. The molecule has 1 aromatic rings. The summed E-state index contributed by atoms with van der Waals surface area (Å²) < 4.78 is 49.4. The molecule has 0 fully saturated rings. The van der Waals surface area contributed by atoms with Crippen molar-refractivity contribution < 1.29 is 17.6 Å². The summed E-state index contributed by atoms with van der Waals surface area (Å²) in [5.41, 5.74) is 2.72. The second kappa shape index (κ2) is 6.36. The molecule has 0 saturated carbocycles. The number of hydrogen-bond donors (Lipinski definition) is 2. The Labute approximate surface area is 107 Å². The zero-order chi connectivity index (χ0) is 13.8. The molecule has 3 N–H and O–H groups in total. The van der Waals surface area contributed by atoms with Gasteiger partial charge in [-0.25, -0.2) is 4.39 Å². The van der Waals surface area contributed by atoms with E-state index in [-0.39, 0.29) is 17.9 Å². The van der Waals surface area contributed by atoms with Crippen LogP contribution < -0.4 is 11.3 Å². The van der Waals surface area contributed by atoms with E-state index in [4.69, 9.17) is 17.4 Å². The average molecular weight is 285 g/mol. The van der Waals surface area contributed by atoms with Crippen LogP contribution >= 0.6 is 11.6 Å². The average Bonchev–Trinajstić information content (AvgIpc) is 2.28. The second-order valence-electron chi connectivity index (χ2n) is 3.93. The Bertz CT molecular complexity index is 395. The molecule has 0 radical (unpaired) electrons. The third-order valence-electron chi connectivity index (χ3n) is 2.51. The van der Waals surface area contributed by atoms with Crippen molar-refractivity contribution in [3.8, 4) is 0 Å². The van der Waals surface area contributed by atoms with Gasteiger partial charge in [-0.15, -0.1) is 0 Å². The fourth-order valence-corrected chi connectivity index (χ4v) is 1.76. The van der Waals surface area contributed by atoms with E-state index in [1.54, 1.807) is 6.07 Å². The quantitative estimate of drug-likeness (QED) is 0.495. The van der Waals surface area contributed by atoms with Crippen LogP contribution in [-0.2, 0) is 6.42 Å². The van der Waals surface area contributed by atoms with Crippen LogP contribution in [0.15, 0.2) is 18.2 Å². The van der Waals surface area contributed by atoms with Crippen LogP contribution in [0.3, 0.4) is 0 Å². The van der Waals surface area contributed by atoms with Crippen molar-refractivity contribution in [2.75, 3.05) is 0 Å². The largest absolute Gasteiger partial charge is 0.389 e. The first-order valence-electron chi connectivity index (χ1n) is 5.29. The molecule has 0 aliphatic heterocycles. The number of hydrazine groups is 1. The molecule has 2 nitrogen and oxygen atoms in total. The molecule has 1 aromatic carbocycles. The number of benzene rings is 1. The maximum Gasteiger partial charge on any atom is 0.389 e. The normalized spacial score (nSPS) is 13.7. The van der Waals surface area contributed by atoms with E-state index in [2.05, 4.69) is 5.43 Å². The highest BCUT2D eigenvalue weighted by atomic mass is 35.5. The number of hydrogen-bond acceptors (Lipinski definition) is 2. The molecule has 0 heterocycles. The highest BCUT2D eigenvalue weighted by Crippen LogP contribution is 2.25. The lowest BCUT2D eigenvalue weighted by Crippen LogP contribution is -2.37. The Morgan fingerprint density at radius 2 is 2.00 bits per heavy atom. The van der Waals surface area contributed by atoms with Gasteiger partial charge in [-0.3, -0.25) is 11.3 Å². The van der Waals surface area contributed by atoms with Crippen molar-refractivity contribution in [3.63, 3.8) is 0 Å². The zero-order valence-electron chi connectivity index (χ0n) is 9.40. The fraction of sp³-hybridized carbons (Fsp3) is 0.455. The summed E-state index contributed by atoms with van der Waals surface area (Å²) in [5.74, 6) is 4.59. The lowest BCUT2D eigenvalue weighted by Gasteiger charge is -2.17. The van der Waals surface area contributed by atoms with Crippen LogP contribution in [0.1, 0.15) is 18.4 Å². The summed E-state index contributed by atoms with van der Waals surface area (Å²) in [5, 5.41) is -0.0789. The van der Waals surface area contributed by atoms with Crippen molar-refractivity contribution >= 4 is 11.6 Å². The topological polar surface area (TPSA) is 38.0 Å². The zero-order valence-corrected chi connectivity index (χ0v) is 10.2. The predicted octanol–water partition coefficient (Wildman–Crippen LogP) is 3.20. The van der Waals surface area contributed by atoms with E-state index >= 15 is 0 Å². The van der Waals surface area contributed by atoms with Crippen molar-refractivity contribution in [3.05, 3.63) is 34.6 Å². The molecule has 1 rings (SSSR count). The maximum absolute atomic E-state index is 13.1. The molecular formula is C11H13ClF4N2. The lowest BCUT2D eigenvalue weighted by molar-refractivity contribution is -0.136. The van der Waals surface area contributed by atoms with E-state index in [1.165, 1.54) is 12.1 Å². The van der Waals surface area contributed by atoms with Crippen molar-refractivity contribution in [2.24, 2.45) is 5.84 Å². The first-order chi connectivity index (χ1) is 8.33. The molecule has 18 heavy (non-hydrogen) atoms. The van der Waals surface area contributed by atoms with Gasteiger partial charge in [-0.1, -0.05) is 23.7 Å². The van der Waals surface area contributed by atoms with Gasteiger partial charge in [0, 0.05) is 12.5 Å². The molecule has 0 amide bonds. The Hall–Kier alpha value is -0.850. The van der Waals surface area contributed by atoms with Gasteiger partial charge in [0.25, 0.3) is 0 Å². The summed E-state index contributed by atoms with van der Waals surface area (Å²) in [6.07, 6.45) is -5.23. The Morgan fingerprint density at radius 1 is 1.33 bits per heavy atom. The summed E-state index contributed by atoms with van der Waals surface area (Å²) in [6, 6.07) is 3.59. The molecule has 1 unspecified atom stereocenters. The fourth-order valence-electron chi connectivity index (χ4n) is 1.55. The van der Waals surface area contributed by atoms with E-state index in [0.717, 1.165) is 0 Å². The van der Waals surface area contributed by atoms with E-state index in [1.807, 2.05) is 0 Å². The summed E-state index contributed by atoms with van der Waals surface area (Å²) in [4.78, 5) is 0. The molecule has 0 aromatic heterocycles. The molecule has 102 valence electrons. The minimum absolute atomic E-state index is 0.0789. The van der Waals surface area contributed by atoms with Crippen molar-refractivity contribution in [2.45, 2.75) is 31.5 Å². The van der Waals surface area contributed by atoms with Gasteiger partial charge in [0.2, 0.25) is 0 Å². The monoisotopic (exact) mass is 284 g/mol. The third kappa shape index (κ3) is 4.80. The van der Waals surface area contributed by atoms with Crippen molar-refractivity contribution in [1.29, 1.82) is 0 Å². The molecule has 0 spiro atoms. The van der Waals surface area contributed by atoms with Crippen LogP contribution in [0.2, 0.25) is 5.02 Å². The minimum Gasteiger partial charge on any atom is -0.271 e. The summed E-state index contributed by atoms with van der Waals surface area (Å²) >= 11 is 5.72. The first-order valence-corrected chi connectivity index (χ1v) is 5.67. The molecule has 0 aliphatic rings. The number of nitrogens with one attached hydrogen (secondary N) is 1. The van der Waals surface area contributed by atoms with Crippen LogP contribution in [0.4, 0.5) is 17.6 Å². The van der Waals surface area contributed by atoms with Gasteiger partial charge in [-0.2, -0.15) is 13.2 Å². The number of rotatable bonds is 5. The standard InChI is InChI=1S/C11H13ClF4N2/c12-10-7(2-1-3-9(10)13)6-8(18-17)4-5-11(14,15)16/h1-3,8,18H,4-6,17H2. The minimum atomic E-state index is -4.24. The van der Waals surface area contributed by atoms with Crippen LogP contribution in [0.25, 0.3) is 0 Å². The van der Waals surface area contributed by atoms with Gasteiger partial charge in [0.15, 0.2) is 0 Å². The summed E-state index contributed by atoms with van der Waals surface area (Å²) in [7, 11) is 0. The number of nitrogens with two attached hydrogens (primary N) is 1. The molecular weight excluding hydrogens is 272 g/mol. The molecule has 0 aliphatic carbocycles. The highest BCUT2D eigenvalue weighted by Gasteiger charge is 2.28. The van der Waals surface area contributed by atoms with Gasteiger partial charge < -0.3 is 0 Å². The van der Waals surface area contributed by atoms with Gasteiger partial charge >= 0.3 is 6.18 Å². The number of halogens is 5. The Kier molecular flexibility index (Phi) is 5.37. The van der Waals surface area contributed by atoms with Crippen LogP contribution in [-0.4, -0.2) is 12.2 Å². The first kappa shape index (κ1) is 15.2. The molecule has 7 heteroatoms. The maximum atomic E-state index is 13.1. The lowest BCUT2D eigenvalue weighted by atomic mass is 10.0. The summed E-state index contributed by atoms with van der Waals surface area (Å²) in [6.45, 7) is 0. The van der Waals surface area contributed by atoms with Gasteiger partial charge in [0.05, 0.1) is 5.02 Å². The van der Waals surface area contributed by atoms with Crippen LogP contribution in [0, 0.1) is 5.82 Å². The Balaban J connectivity index is 2.65. The van der Waals surface area contributed by atoms with Crippen LogP contribution in [0.5, 0.6) is 0 Å². The SMILES string of the molecule is NNC(CCC(F)(F)F)Cc1cccc(F)c1Cl. The molecule has 0 bridgehead atoms. The highest BCUT2D eigenvalue weighted by molar-refractivity contribution is 6.31. The van der Waals surface area contributed by atoms with E-state index < -0.39 is 24.5 Å². The Morgan fingerprint density at radius 3 is 2.56 bits per heavy atom. The smallest absolute Gasteiger partial charge is 0.271 e. The second-order valence-corrected chi connectivity index (χ2v) is 4.31. The molecule has 0 saturated heterocycles. The van der Waals surface area contributed by atoms with Gasteiger partial charge in [0.1, 0.15) is 5.82 Å². The predicted molar refractivity (Wildman–Crippen MR) is 61.5 cm³/mol. The third-order valence-corrected chi connectivity index (χ3v) is 2.93. The van der Waals surface area contributed by atoms with Gasteiger partial charge in [-0.05, 0) is 24.5 Å². The van der Waals surface area contributed by atoms with E-state index in [0.29, 0.717) is 5.56 Å². The van der Waals surface area contributed by atoms with Crippen molar-refractivity contribution in [1.82, 2.24) is 5.43 Å². The number of alkyl halides is 3.